The molecule has 0 aromatic heterocycles. The number of esters is 1. The Bertz CT molecular complexity index is 220. The van der Waals surface area contributed by atoms with E-state index in [1.54, 1.807) is 0 Å². The van der Waals surface area contributed by atoms with Crippen LogP contribution in [-0.2, 0) is 19.0 Å². The van der Waals surface area contributed by atoms with Crippen LogP contribution in [0.1, 0.15) is 26.2 Å². The first-order valence-corrected chi connectivity index (χ1v) is 5.20. The van der Waals surface area contributed by atoms with Crippen LogP contribution in [0, 0.1) is 5.92 Å². The molecule has 0 aromatic rings. The van der Waals surface area contributed by atoms with Crippen LogP contribution in [-0.4, -0.2) is 31.6 Å². The lowest BCUT2D eigenvalue weighted by Gasteiger charge is -2.20. The molecular formula is C10H16O4. The van der Waals surface area contributed by atoms with Gasteiger partial charge in [0.25, 0.3) is 0 Å². The molecule has 80 valence electrons. The first kappa shape index (κ1) is 9.93. The van der Waals surface area contributed by atoms with Gasteiger partial charge in [-0.1, -0.05) is 0 Å². The highest BCUT2D eigenvalue weighted by molar-refractivity contribution is 5.72. The molecule has 1 spiro atoms. The Morgan fingerprint density at radius 2 is 2.21 bits per heavy atom. The zero-order valence-electron chi connectivity index (χ0n) is 8.45. The van der Waals surface area contributed by atoms with Gasteiger partial charge in [0.2, 0.25) is 0 Å². The minimum Gasteiger partial charge on any atom is -0.466 e. The largest absolute Gasteiger partial charge is 0.466 e. The molecule has 1 aliphatic heterocycles. The van der Waals surface area contributed by atoms with E-state index in [1.807, 2.05) is 6.92 Å². The van der Waals surface area contributed by atoms with Crippen molar-refractivity contribution in [3.05, 3.63) is 0 Å². The molecule has 1 saturated carbocycles. The van der Waals surface area contributed by atoms with Gasteiger partial charge in [0.1, 0.15) is 0 Å². The summed E-state index contributed by atoms with van der Waals surface area (Å²) >= 11 is 0. The molecule has 2 fully saturated rings. The standard InChI is InChI=1S/C10H16O4/c1-2-12-9(11)8-3-4-10(7-8)13-5-6-14-10/h8H,2-7H2,1H3/t8-/m0/s1. The molecule has 2 rings (SSSR count). The molecule has 1 saturated heterocycles. The van der Waals surface area contributed by atoms with Gasteiger partial charge in [-0.2, -0.15) is 0 Å². The van der Waals surface area contributed by atoms with Crippen LogP contribution < -0.4 is 0 Å². The highest BCUT2D eigenvalue weighted by Crippen LogP contribution is 2.41. The van der Waals surface area contributed by atoms with E-state index in [1.165, 1.54) is 0 Å². The Morgan fingerprint density at radius 1 is 1.50 bits per heavy atom. The topological polar surface area (TPSA) is 44.8 Å². The van der Waals surface area contributed by atoms with Gasteiger partial charge in [-0.15, -0.1) is 0 Å². The van der Waals surface area contributed by atoms with E-state index in [-0.39, 0.29) is 11.9 Å². The van der Waals surface area contributed by atoms with Crippen LogP contribution in [0.2, 0.25) is 0 Å². The third-order valence-electron chi connectivity index (χ3n) is 2.86. The number of rotatable bonds is 2. The maximum absolute atomic E-state index is 11.5. The van der Waals surface area contributed by atoms with Crippen molar-refractivity contribution < 1.29 is 19.0 Å². The maximum atomic E-state index is 11.5. The highest BCUT2D eigenvalue weighted by Gasteiger charge is 2.46. The summed E-state index contributed by atoms with van der Waals surface area (Å²) in [7, 11) is 0. The van der Waals surface area contributed by atoms with Crippen molar-refractivity contribution in [1.29, 1.82) is 0 Å². The number of hydrogen-bond donors (Lipinski definition) is 0. The fraction of sp³-hybridized carbons (Fsp3) is 0.900. The second-order valence-corrected chi connectivity index (χ2v) is 3.80. The van der Waals surface area contributed by atoms with Gasteiger partial charge in [-0.25, -0.2) is 0 Å². The second kappa shape index (κ2) is 3.87. The molecule has 0 amide bonds. The Balaban J connectivity index is 1.90. The minimum absolute atomic E-state index is 0.0342. The lowest BCUT2D eigenvalue weighted by atomic mass is 10.1. The monoisotopic (exact) mass is 200 g/mol. The van der Waals surface area contributed by atoms with Gasteiger partial charge in [-0.3, -0.25) is 4.79 Å². The van der Waals surface area contributed by atoms with Gasteiger partial charge in [0.15, 0.2) is 5.79 Å². The summed E-state index contributed by atoms with van der Waals surface area (Å²) in [6, 6.07) is 0. The van der Waals surface area contributed by atoms with E-state index in [4.69, 9.17) is 14.2 Å². The molecule has 0 radical (unpaired) electrons. The summed E-state index contributed by atoms with van der Waals surface area (Å²) < 4.78 is 16.0. The molecule has 1 heterocycles. The molecule has 1 atom stereocenters. The van der Waals surface area contributed by atoms with Crippen molar-refractivity contribution in [2.45, 2.75) is 32.0 Å². The predicted octanol–water partition coefficient (Wildman–Crippen LogP) is 1.09. The first-order valence-electron chi connectivity index (χ1n) is 5.20. The summed E-state index contributed by atoms with van der Waals surface area (Å²) in [5.41, 5.74) is 0. The van der Waals surface area contributed by atoms with E-state index >= 15 is 0 Å². The quantitative estimate of drug-likeness (QED) is 0.626. The van der Waals surface area contributed by atoms with Crippen molar-refractivity contribution in [1.82, 2.24) is 0 Å². The average Bonchev–Trinajstić information content (AvgIpc) is 2.78. The van der Waals surface area contributed by atoms with Crippen LogP contribution in [0.5, 0.6) is 0 Å². The Hall–Kier alpha value is -0.610. The molecule has 0 bridgehead atoms. The van der Waals surface area contributed by atoms with E-state index in [0.717, 1.165) is 12.8 Å². The van der Waals surface area contributed by atoms with E-state index in [0.29, 0.717) is 26.2 Å². The third kappa shape index (κ3) is 1.77. The fourth-order valence-electron chi connectivity index (χ4n) is 2.19. The molecule has 2 aliphatic rings. The smallest absolute Gasteiger partial charge is 0.309 e. The molecule has 1 aliphatic carbocycles. The Labute approximate surface area is 83.5 Å². The number of carbonyl (C=O) groups is 1. The summed E-state index contributed by atoms with van der Waals surface area (Å²) in [5, 5.41) is 0. The van der Waals surface area contributed by atoms with Gasteiger partial charge in [0.05, 0.1) is 25.7 Å². The molecule has 0 aromatic carbocycles. The maximum Gasteiger partial charge on any atom is 0.309 e. The van der Waals surface area contributed by atoms with Gasteiger partial charge in [-0.05, 0) is 13.3 Å². The number of hydrogen-bond acceptors (Lipinski definition) is 4. The molecule has 0 unspecified atom stereocenters. The Kier molecular flexibility index (Phi) is 2.74. The zero-order chi connectivity index (χ0) is 10.0. The van der Waals surface area contributed by atoms with Crippen LogP contribution in [0.15, 0.2) is 0 Å². The normalized spacial score (nSPS) is 29.6. The summed E-state index contributed by atoms with van der Waals surface area (Å²) in [4.78, 5) is 11.5. The van der Waals surface area contributed by atoms with Gasteiger partial charge in [0, 0.05) is 12.8 Å². The summed E-state index contributed by atoms with van der Waals surface area (Å²) in [6.45, 7) is 3.57. The van der Waals surface area contributed by atoms with Crippen molar-refractivity contribution in [2.24, 2.45) is 5.92 Å². The van der Waals surface area contributed by atoms with Crippen molar-refractivity contribution >= 4 is 5.97 Å². The van der Waals surface area contributed by atoms with Crippen LogP contribution >= 0.6 is 0 Å². The highest BCUT2D eigenvalue weighted by atomic mass is 16.7. The lowest BCUT2D eigenvalue weighted by molar-refractivity contribution is -0.162. The van der Waals surface area contributed by atoms with Crippen molar-refractivity contribution in [3.8, 4) is 0 Å². The van der Waals surface area contributed by atoms with E-state index < -0.39 is 5.79 Å². The van der Waals surface area contributed by atoms with Gasteiger partial charge >= 0.3 is 5.97 Å². The molecule has 14 heavy (non-hydrogen) atoms. The molecule has 4 nitrogen and oxygen atoms in total. The summed E-state index contributed by atoms with van der Waals surface area (Å²) in [5.74, 6) is -0.603. The van der Waals surface area contributed by atoms with Crippen molar-refractivity contribution in [2.75, 3.05) is 19.8 Å². The zero-order valence-corrected chi connectivity index (χ0v) is 8.45. The number of carbonyl (C=O) groups excluding carboxylic acids is 1. The predicted molar refractivity (Wildman–Crippen MR) is 48.6 cm³/mol. The van der Waals surface area contributed by atoms with Crippen LogP contribution in [0.4, 0.5) is 0 Å². The Morgan fingerprint density at radius 3 is 2.86 bits per heavy atom. The number of ether oxygens (including phenoxy) is 3. The van der Waals surface area contributed by atoms with E-state index in [2.05, 4.69) is 0 Å². The fourth-order valence-corrected chi connectivity index (χ4v) is 2.19. The van der Waals surface area contributed by atoms with E-state index in [9.17, 15) is 4.79 Å². The molecular weight excluding hydrogens is 184 g/mol. The van der Waals surface area contributed by atoms with Crippen molar-refractivity contribution in [3.63, 3.8) is 0 Å². The third-order valence-corrected chi connectivity index (χ3v) is 2.86. The second-order valence-electron chi connectivity index (χ2n) is 3.80. The SMILES string of the molecule is CCOC(=O)[C@H]1CCC2(C1)OCCO2. The first-order chi connectivity index (χ1) is 6.76. The van der Waals surface area contributed by atoms with Crippen LogP contribution in [0.25, 0.3) is 0 Å². The molecule has 0 N–H and O–H groups in total. The van der Waals surface area contributed by atoms with Crippen LogP contribution in [0.3, 0.4) is 0 Å². The average molecular weight is 200 g/mol. The van der Waals surface area contributed by atoms with Gasteiger partial charge < -0.3 is 14.2 Å². The minimum atomic E-state index is -0.461. The molecule has 4 heteroatoms. The lowest BCUT2D eigenvalue weighted by Crippen LogP contribution is -2.27. The summed E-state index contributed by atoms with van der Waals surface area (Å²) in [6.07, 6.45) is 2.29.